The van der Waals surface area contributed by atoms with E-state index < -0.39 is 0 Å². The molecule has 4 nitrogen and oxygen atoms in total. The first-order valence-corrected chi connectivity index (χ1v) is 8.21. The van der Waals surface area contributed by atoms with Crippen LogP contribution in [0.2, 0.25) is 0 Å². The first-order valence-electron chi connectivity index (χ1n) is 7.26. The highest BCUT2D eigenvalue weighted by molar-refractivity contribution is 7.07. The molecule has 0 saturated carbocycles. The lowest BCUT2D eigenvalue weighted by Gasteiger charge is -2.25. The molecule has 2 aromatic rings. The summed E-state index contributed by atoms with van der Waals surface area (Å²) < 4.78 is 0. The van der Waals surface area contributed by atoms with E-state index in [0.717, 1.165) is 29.5 Å². The number of nitrogens with one attached hydrogen (secondary N) is 1. The van der Waals surface area contributed by atoms with Gasteiger partial charge in [-0.15, -0.1) is 11.3 Å². The third-order valence-corrected chi connectivity index (χ3v) is 4.01. The van der Waals surface area contributed by atoms with E-state index in [9.17, 15) is 0 Å². The van der Waals surface area contributed by atoms with Crippen molar-refractivity contribution in [1.82, 2.24) is 20.3 Å². The molecule has 0 amide bonds. The summed E-state index contributed by atoms with van der Waals surface area (Å²) in [5, 5.41) is 5.54. The average molecular weight is 304 g/mol. The zero-order valence-electron chi connectivity index (χ0n) is 13.7. The van der Waals surface area contributed by atoms with Crippen molar-refractivity contribution in [2.45, 2.75) is 53.0 Å². The van der Waals surface area contributed by atoms with Crippen molar-refractivity contribution in [2.75, 3.05) is 6.54 Å². The van der Waals surface area contributed by atoms with E-state index in [-0.39, 0.29) is 5.54 Å². The van der Waals surface area contributed by atoms with E-state index in [1.165, 1.54) is 5.56 Å². The van der Waals surface area contributed by atoms with Gasteiger partial charge in [0.2, 0.25) is 0 Å². The molecule has 1 N–H and O–H groups in total. The van der Waals surface area contributed by atoms with Crippen molar-refractivity contribution < 1.29 is 0 Å². The topological polar surface area (TPSA) is 50.7 Å². The van der Waals surface area contributed by atoms with Crippen molar-refractivity contribution in [3.05, 3.63) is 27.8 Å². The summed E-state index contributed by atoms with van der Waals surface area (Å²) in [6.45, 7) is 13.8. The first-order chi connectivity index (χ1) is 9.78. The second-order valence-electron chi connectivity index (χ2n) is 6.54. The molecule has 114 valence electrons. The molecule has 0 radical (unpaired) electrons. The number of rotatable bonds is 4. The molecule has 2 rings (SSSR count). The zero-order valence-corrected chi connectivity index (χ0v) is 14.5. The quantitative estimate of drug-likeness (QED) is 0.935. The van der Waals surface area contributed by atoms with Gasteiger partial charge in [0.1, 0.15) is 5.69 Å². The van der Waals surface area contributed by atoms with Crippen LogP contribution in [0.4, 0.5) is 0 Å². The van der Waals surface area contributed by atoms with E-state index in [1.807, 2.05) is 10.9 Å². The summed E-state index contributed by atoms with van der Waals surface area (Å²) in [7, 11) is 0. The highest BCUT2D eigenvalue weighted by Crippen LogP contribution is 2.24. The van der Waals surface area contributed by atoms with Crippen LogP contribution in [-0.2, 0) is 0 Å². The number of aromatic nitrogens is 3. The lowest BCUT2D eigenvalue weighted by molar-refractivity contribution is 0.411. The van der Waals surface area contributed by atoms with Crippen LogP contribution in [0.1, 0.15) is 50.6 Å². The Labute approximate surface area is 131 Å². The van der Waals surface area contributed by atoms with Crippen LogP contribution in [0, 0.1) is 13.8 Å². The molecule has 0 bridgehead atoms. The number of hydrogen-bond donors (Lipinski definition) is 1. The number of thiazole rings is 1. The van der Waals surface area contributed by atoms with Crippen LogP contribution in [0.5, 0.6) is 0 Å². The van der Waals surface area contributed by atoms with Gasteiger partial charge in [0, 0.05) is 28.9 Å². The highest BCUT2D eigenvalue weighted by atomic mass is 32.1. The SMILES string of the molecule is Cc1nc(-c2cscn2)nc(C)c1C(C)CNC(C)(C)C. The summed E-state index contributed by atoms with van der Waals surface area (Å²) in [5.41, 5.74) is 6.14. The smallest absolute Gasteiger partial charge is 0.179 e. The van der Waals surface area contributed by atoms with E-state index in [1.54, 1.807) is 11.3 Å². The van der Waals surface area contributed by atoms with Gasteiger partial charge in [0.05, 0.1) is 5.51 Å². The maximum absolute atomic E-state index is 4.65. The summed E-state index contributed by atoms with van der Waals surface area (Å²) in [6.07, 6.45) is 0. The molecule has 0 spiro atoms. The monoisotopic (exact) mass is 304 g/mol. The Hall–Kier alpha value is -1.33. The molecule has 0 aliphatic carbocycles. The molecule has 0 aliphatic rings. The van der Waals surface area contributed by atoms with Crippen molar-refractivity contribution in [2.24, 2.45) is 0 Å². The van der Waals surface area contributed by atoms with Crippen LogP contribution in [-0.4, -0.2) is 27.0 Å². The van der Waals surface area contributed by atoms with Crippen LogP contribution < -0.4 is 5.32 Å². The molecule has 0 aliphatic heterocycles. The van der Waals surface area contributed by atoms with Gasteiger partial charge in [0.15, 0.2) is 5.82 Å². The Bertz CT molecular complexity index is 576. The predicted octanol–water partition coefficient (Wildman–Crippen LogP) is 3.71. The molecular weight excluding hydrogens is 280 g/mol. The van der Waals surface area contributed by atoms with Crippen LogP contribution in [0.15, 0.2) is 10.9 Å². The molecule has 5 heteroatoms. The third-order valence-electron chi connectivity index (χ3n) is 3.42. The standard InChI is InChI=1S/C16H24N4S/c1-10(7-18-16(4,5)6)14-11(2)19-15(20-12(14)3)13-8-21-9-17-13/h8-10,18H,7H2,1-6H3. The Morgan fingerprint density at radius 3 is 2.29 bits per heavy atom. The maximum atomic E-state index is 4.65. The van der Waals surface area contributed by atoms with E-state index in [0.29, 0.717) is 5.92 Å². The average Bonchev–Trinajstić information content (AvgIpc) is 2.88. The summed E-state index contributed by atoms with van der Waals surface area (Å²) in [5.74, 6) is 1.11. The molecule has 2 heterocycles. The molecule has 2 aromatic heterocycles. The van der Waals surface area contributed by atoms with E-state index >= 15 is 0 Å². The summed E-state index contributed by atoms with van der Waals surface area (Å²) in [4.78, 5) is 13.6. The van der Waals surface area contributed by atoms with Crippen molar-refractivity contribution in [3.63, 3.8) is 0 Å². The summed E-state index contributed by atoms with van der Waals surface area (Å²) in [6, 6.07) is 0. The minimum atomic E-state index is 0.122. The van der Waals surface area contributed by atoms with Gasteiger partial charge < -0.3 is 5.32 Å². The van der Waals surface area contributed by atoms with Crippen molar-refractivity contribution in [3.8, 4) is 11.5 Å². The van der Waals surface area contributed by atoms with Crippen molar-refractivity contribution in [1.29, 1.82) is 0 Å². The van der Waals surface area contributed by atoms with Gasteiger partial charge in [-0.3, -0.25) is 0 Å². The fourth-order valence-corrected chi connectivity index (χ4v) is 2.97. The molecule has 1 unspecified atom stereocenters. The van der Waals surface area contributed by atoms with Gasteiger partial charge in [-0.25, -0.2) is 15.0 Å². The second-order valence-corrected chi connectivity index (χ2v) is 7.26. The van der Waals surface area contributed by atoms with Gasteiger partial charge in [0.25, 0.3) is 0 Å². The first kappa shape index (κ1) is 16.0. The molecule has 0 saturated heterocycles. The minimum Gasteiger partial charge on any atom is -0.311 e. The van der Waals surface area contributed by atoms with Crippen LogP contribution in [0.3, 0.4) is 0 Å². The van der Waals surface area contributed by atoms with Gasteiger partial charge in [-0.05, 0) is 46.1 Å². The Kier molecular flexibility index (Phi) is 4.74. The van der Waals surface area contributed by atoms with Crippen LogP contribution in [0.25, 0.3) is 11.5 Å². The second kappa shape index (κ2) is 6.20. The van der Waals surface area contributed by atoms with Crippen molar-refractivity contribution >= 4 is 11.3 Å². The molecule has 1 atom stereocenters. The lowest BCUT2D eigenvalue weighted by Crippen LogP contribution is -2.38. The third kappa shape index (κ3) is 4.08. The highest BCUT2D eigenvalue weighted by Gasteiger charge is 2.18. The Morgan fingerprint density at radius 1 is 1.19 bits per heavy atom. The summed E-state index contributed by atoms with van der Waals surface area (Å²) >= 11 is 1.57. The maximum Gasteiger partial charge on any atom is 0.179 e. The number of hydrogen-bond acceptors (Lipinski definition) is 5. The minimum absolute atomic E-state index is 0.122. The Morgan fingerprint density at radius 2 is 1.81 bits per heavy atom. The van der Waals surface area contributed by atoms with Gasteiger partial charge >= 0.3 is 0 Å². The van der Waals surface area contributed by atoms with E-state index in [4.69, 9.17) is 0 Å². The van der Waals surface area contributed by atoms with E-state index in [2.05, 4.69) is 61.8 Å². The lowest BCUT2D eigenvalue weighted by atomic mass is 9.96. The predicted molar refractivity (Wildman–Crippen MR) is 88.8 cm³/mol. The molecular formula is C16H24N4S. The van der Waals surface area contributed by atoms with Gasteiger partial charge in [-0.2, -0.15) is 0 Å². The molecule has 0 fully saturated rings. The zero-order chi connectivity index (χ0) is 15.6. The molecule has 0 aromatic carbocycles. The largest absolute Gasteiger partial charge is 0.311 e. The van der Waals surface area contributed by atoms with Gasteiger partial charge in [-0.1, -0.05) is 6.92 Å². The Balaban J connectivity index is 2.25. The molecule has 21 heavy (non-hydrogen) atoms. The fourth-order valence-electron chi connectivity index (χ4n) is 2.44. The fraction of sp³-hybridized carbons (Fsp3) is 0.562. The number of aryl methyl sites for hydroxylation is 2. The normalized spacial score (nSPS) is 13.4. The number of nitrogens with zero attached hydrogens (tertiary/aromatic N) is 3. The van der Waals surface area contributed by atoms with Crippen LogP contribution >= 0.6 is 11.3 Å².